The van der Waals surface area contributed by atoms with Crippen molar-refractivity contribution in [3.63, 3.8) is 0 Å². The summed E-state index contributed by atoms with van der Waals surface area (Å²) in [5.41, 5.74) is 7.10. The topological polar surface area (TPSA) is 3.88 Å². The number of aromatic nitrogens is 1. The maximum Gasteiger partial charge on any atom is 0.213 e. The molecule has 1 aromatic carbocycles. The van der Waals surface area contributed by atoms with Crippen molar-refractivity contribution >= 4 is 0 Å². The fourth-order valence-corrected chi connectivity index (χ4v) is 4.35. The highest BCUT2D eigenvalue weighted by molar-refractivity contribution is 5.66. The number of fused-ring (bicyclic) bond motifs is 3. The number of hydrogen-bond donors (Lipinski definition) is 0. The fraction of sp³-hybridized carbons (Fsp3) is 0.458. The summed E-state index contributed by atoms with van der Waals surface area (Å²) in [4.78, 5) is 0. The lowest BCUT2D eigenvalue weighted by Gasteiger charge is -2.37. The predicted molar refractivity (Wildman–Crippen MR) is 107 cm³/mol. The second kappa shape index (κ2) is 7.15. The molecule has 1 aliphatic heterocycles. The molecule has 1 aliphatic rings. The van der Waals surface area contributed by atoms with E-state index in [4.69, 9.17) is 0 Å². The van der Waals surface area contributed by atoms with E-state index < -0.39 is 0 Å². The van der Waals surface area contributed by atoms with Crippen molar-refractivity contribution in [1.29, 1.82) is 0 Å². The van der Waals surface area contributed by atoms with Crippen molar-refractivity contribution in [3.8, 4) is 11.3 Å². The first-order chi connectivity index (χ1) is 12.1. The van der Waals surface area contributed by atoms with Crippen LogP contribution >= 0.6 is 0 Å². The highest BCUT2D eigenvalue weighted by atomic mass is 15.0. The molecular weight excluding hydrogens is 302 g/mol. The Morgan fingerprint density at radius 3 is 2.64 bits per heavy atom. The van der Waals surface area contributed by atoms with Gasteiger partial charge in [-0.3, -0.25) is 0 Å². The highest BCUT2D eigenvalue weighted by Crippen LogP contribution is 2.44. The van der Waals surface area contributed by atoms with E-state index in [1.165, 1.54) is 34.4 Å². The first kappa shape index (κ1) is 17.9. The SMILES string of the molecule is C=C(CCC)C1(CC)C[n+]2ccc(C(C)CC)cc2-c2ccccc21. The molecule has 1 nitrogen and oxygen atoms in total. The summed E-state index contributed by atoms with van der Waals surface area (Å²) in [5.74, 6) is 0.603. The minimum absolute atomic E-state index is 0.0577. The van der Waals surface area contributed by atoms with Crippen LogP contribution in [0.15, 0.2) is 54.7 Å². The van der Waals surface area contributed by atoms with Crippen LogP contribution in [0.25, 0.3) is 11.3 Å². The van der Waals surface area contributed by atoms with Gasteiger partial charge in [-0.25, -0.2) is 0 Å². The molecule has 2 unspecified atom stereocenters. The smallest absolute Gasteiger partial charge is 0.197 e. The molecule has 0 saturated carbocycles. The van der Waals surface area contributed by atoms with Crippen LogP contribution in [-0.4, -0.2) is 0 Å². The Morgan fingerprint density at radius 2 is 1.96 bits per heavy atom. The van der Waals surface area contributed by atoms with Gasteiger partial charge in [0.05, 0.1) is 11.0 Å². The largest absolute Gasteiger partial charge is 0.213 e. The molecule has 1 aromatic heterocycles. The molecule has 2 aromatic rings. The maximum atomic E-state index is 4.53. The predicted octanol–water partition coefficient (Wildman–Crippen LogP) is 6.17. The molecule has 0 bridgehead atoms. The Balaban J connectivity index is 2.19. The van der Waals surface area contributed by atoms with Gasteiger partial charge in [0, 0.05) is 12.1 Å². The van der Waals surface area contributed by atoms with Crippen molar-refractivity contribution in [2.75, 3.05) is 0 Å². The van der Waals surface area contributed by atoms with Crippen LogP contribution in [0.3, 0.4) is 0 Å². The van der Waals surface area contributed by atoms with Gasteiger partial charge >= 0.3 is 0 Å². The number of hydrogen-bond acceptors (Lipinski definition) is 0. The zero-order valence-corrected chi connectivity index (χ0v) is 16.3. The summed E-state index contributed by atoms with van der Waals surface area (Å²) < 4.78 is 2.46. The quantitative estimate of drug-likeness (QED) is 0.439. The number of nitrogens with zero attached hydrogens (tertiary/aromatic N) is 1. The Labute approximate surface area is 153 Å². The Bertz CT molecular complexity index is 773. The van der Waals surface area contributed by atoms with Crippen molar-refractivity contribution in [1.82, 2.24) is 0 Å². The van der Waals surface area contributed by atoms with Gasteiger partial charge in [0.1, 0.15) is 0 Å². The molecule has 2 atom stereocenters. The van der Waals surface area contributed by atoms with E-state index in [1.54, 1.807) is 0 Å². The standard InChI is InChI=1S/C24H32N/c1-6-11-19(5)24(8-3)17-25-15-14-20(18(4)7-2)16-23(25)21-12-9-10-13-22(21)24/h9-10,12-16,18H,5-8,11,17H2,1-4H3/q+1. The van der Waals surface area contributed by atoms with E-state index in [9.17, 15) is 0 Å². The third kappa shape index (κ3) is 2.94. The van der Waals surface area contributed by atoms with Gasteiger partial charge in [-0.05, 0) is 42.4 Å². The molecule has 132 valence electrons. The molecule has 0 spiro atoms. The second-order valence-corrected chi connectivity index (χ2v) is 7.62. The van der Waals surface area contributed by atoms with Gasteiger partial charge in [-0.1, -0.05) is 64.5 Å². The van der Waals surface area contributed by atoms with Crippen LogP contribution in [-0.2, 0) is 12.0 Å². The van der Waals surface area contributed by atoms with E-state index in [0.29, 0.717) is 5.92 Å². The molecule has 3 rings (SSSR count). The second-order valence-electron chi connectivity index (χ2n) is 7.62. The number of pyridine rings is 1. The molecule has 2 heterocycles. The van der Waals surface area contributed by atoms with E-state index in [0.717, 1.165) is 25.8 Å². The molecule has 0 amide bonds. The van der Waals surface area contributed by atoms with E-state index in [2.05, 4.69) is 81.4 Å². The maximum absolute atomic E-state index is 4.53. The normalized spacial score (nSPS) is 19.8. The average Bonchev–Trinajstić information content (AvgIpc) is 2.66. The Hall–Kier alpha value is -1.89. The van der Waals surface area contributed by atoms with Crippen molar-refractivity contribution in [3.05, 3.63) is 65.9 Å². The number of allylic oxidation sites excluding steroid dienone is 1. The van der Waals surface area contributed by atoms with Crippen LogP contribution < -0.4 is 4.57 Å². The summed E-state index contributed by atoms with van der Waals surface area (Å²) >= 11 is 0. The molecule has 0 fully saturated rings. The van der Waals surface area contributed by atoms with Crippen LogP contribution in [0.2, 0.25) is 0 Å². The average molecular weight is 335 g/mol. The summed E-state index contributed by atoms with van der Waals surface area (Å²) in [5, 5.41) is 0. The summed E-state index contributed by atoms with van der Waals surface area (Å²) in [6.45, 7) is 14.7. The number of benzene rings is 1. The van der Waals surface area contributed by atoms with Gasteiger partial charge in [0.15, 0.2) is 12.7 Å². The van der Waals surface area contributed by atoms with E-state index in [-0.39, 0.29) is 5.41 Å². The molecule has 1 heteroatoms. The minimum Gasteiger partial charge on any atom is -0.197 e. The lowest BCUT2D eigenvalue weighted by atomic mass is 9.67. The van der Waals surface area contributed by atoms with Crippen molar-refractivity contribution in [2.24, 2.45) is 0 Å². The summed E-state index contributed by atoms with van der Waals surface area (Å²) in [7, 11) is 0. The van der Waals surface area contributed by atoms with E-state index in [1.807, 2.05) is 0 Å². The third-order valence-electron chi connectivity index (χ3n) is 6.23. The van der Waals surface area contributed by atoms with Crippen molar-refractivity contribution in [2.45, 2.75) is 71.3 Å². The lowest BCUT2D eigenvalue weighted by molar-refractivity contribution is -0.695. The van der Waals surface area contributed by atoms with Crippen molar-refractivity contribution < 1.29 is 4.57 Å². The van der Waals surface area contributed by atoms with Gasteiger partial charge in [-0.15, -0.1) is 0 Å². The molecule has 0 N–H and O–H groups in total. The molecular formula is C24H32N+. The van der Waals surface area contributed by atoms with Crippen LogP contribution in [0.4, 0.5) is 0 Å². The van der Waals surface area contributed by atoms with Gasteiger partial charge in [-0.2, -0.15) is 4.57 Å². The molecule has 0 radical (unpaired) electrons. The summed E-state index contributed by atoms with van der Waals surface area (Å²) in [6.07, 6.45) is 6.84. The van der Waals surface area contributed by atoms with Crippen LogP contribution in [0.5, 0.6) is 0 Å². The van der Waals surface area contributed by atoms with Crippen LogP contribution in [0, 0.1) is 0 Å². The van der Waals surface area contributed by atoms with Crippen LogP contribution in [0.1, 0.15) is 70.4 Å². The zero-order chi connectivity index (χ0) is 18.0. The molecule has 0 aliphatic carbocycles. The summed E-state index contributed by atoms with van der Waals surface area (Å²) in [6, 6.07) is 13.7. The van der Waals surface area contributed by atoms with Gasteiger partial charge in [0.2, 0.25) is 5.69 Å². The third-order valence-corrected chi connectivity index (χ3v) is 6.23. The first-order valence-corrected chi connectivity index (χ1v) is 9.88. The highest BCUT2D eigenvalue weighted by Gasteiger charge is 2.44. The monoisotopic (exact) mass is 334 g/mol. The fourth-order valence-electron chi connectivity index (χ4n) is 4.35. The Morgan fingerprint density at radius 1 is 1.20 bits per heavy atom. The van der Waals surface area contributed by atoms with Gasteiger partial charge < -0.3 is 0 Å². The Kier molecular flexibility index (Phi) is 5.13. The minimum atomic E-state index is 0.0577. The van der Waals surface area contributed by atoms with E-state index >= 15 is 0 Å². The lowest BCUT2D eigenvalue weighted by Crippen LogP contribution is -2.51. The van der Waals surface area contributed by atoms with Gasteiger partial charge in [0.25, 0.3) is 0 Å². The molecule has 25 heavy (non-hydrogen) atoms. The first-order valence-electron chi connectivity index (χ1n) is 9.88. The molecule has 0 saturated heterocycles. The zero-order valence-electron chi connectivity index (χ0n) is 16.3. The number of rotatable bonds is 6.